The molecule has 1 rings (SSSR count). The molecule has 1 amide bonds. The number of carbonyl (C=O) groups excluding carboxylic acids is 1. The second-order valence-corrected chi connectivity index (χ2v) is 3.91. The molecule has 1 aromatic rings. The molecule has 0 aromatic heterocycles. The maximum atomic E-state index is 13.1. The van der Waals surface area contributed by atoms with Crippen molar-refractivity contribution in [3.63, 3.8) is 0 Å². The molecule has 0 aliphatic carbocycles. The zero-order valence-electron chi connectivity index (χ0n) is 10.2. The van der Waals surface area contributed by atoms with Crippen LogP contribution in [0.15, 0.2) is 18.2 Å². The molecule has 0 saturated heterocycles. The number of aliphatic hydroxyl groups is 1. The van der Waals surface area contributed by atoms with Gasteiger partial charge in [-0.1, -0.05) is 0 Å². The van der Waals surface area contributed by atoms with Gasteiger partial charge in [0, 0.05) is 25.3 Å². The predicted octanol–water partition coefficient (Wildman–Crippen LogP) is 1.06. The molecule has 17 heavy (non-hydrogen) atoms. The summed E-state index contributed by atoms with van der Waals surface area (Å²) in [5.74, 6) is -0.550. The molecule has 0 bridgehead atoms. The Morgan fingerprint density at radius 3 is 2.76 bits per heavy atom. The molecule has 1 atom stereocenters. The molecule has 2 N–H and O–H groups in total. The second-order valence-electron chi connectivity index (χ2n) is 3.91. The highest BCUT2D eigenvalue weighted by atomic mass is 19.1. The number of hydrogen-bond donors (Lipinski definition) is 2. The summed E-state index contributed by atoms with van der Waals surface area (Å²) in [6.45, 7) is 1.72. The Kier molecular flexibility index (Phi) is 4.45. The smallest absolute Gasteiger partial charge is 0.239 e. The minimum Gasteiger partial charge on any atom is -0.389 e. The van der Waals surface area contributed by atoms with Crippen molar-refractivity contribution in [3.8, 4) is 0 Å². The summed E-state index contributed by atoms with van der Waals surface area (Å²) in [4.78, 5) is 12.9. The van der Waals surface area contributed by atoms with Gasteiger partial charge in [-0.05, 0) is 25.1 Å². The van der Waals surface area contributed by atoms with Gasteiger partial charge < -0.3 is 15.3 Å². The number of rotatable bonds is 4. The minimum absolute atomic E-state index is 0.145. The lowest BCUT2D eigenvalue weighted by molar-refractivity contribution is -0.119. The van der Waals surface area contributed by atoms with E-state index in [0.29, 0.717) is 11.3 Å². The summed E-state index contributed by atoms with van der Waals surface area (Å²) < 4.78 is 13.1. The summed E-state index contributed by atoms with van der Waals surface area (Å²) in [6.07, 6.45) is -0.784. The Balaban J connectivity index is 3.00. The van der Waals surface area contributed by atoms with Crippen molar-refractivity contribution in [2.24, 2.45) is 0 Å². The van der Waals surface area contributed by atoms with Gasteiger partial charge in [0.1, 0.15) is 5.82 Å². The van der Waals surface area contributed by atoms with Gasteiger partial charge in [0.05, 0.1) is 12.6 Å². The van der Waals surface area contributed by atoms with Crippen molar-refractivity contribution in [1.82, 2.24) is 5.32 Å². The summed E-state index contributed by atoms with van der Waals surface area (Å²) in [7, 11) is 3.27. The van der Waals surface area contributed by atoms with Crippen LogP contribution >= 0.6 is 0 Å². The third-order valence-electron chi connectivity index (χ3n) is 2.51. The molecule has 4 nitrogen and oxygen atoms in total. The van der Waals surface area contributed by atoms with E-state index in [0.717, 1.165) is 0 Å². The van der Waals surface area contributed by atoms with Crippen molar-refractivity contribution >= 4 is 11.6 Å². The summed E-state index contributed by atoms with van der Waals surface area (Å²) in [6, 6.07) is 4.14. The monoisotopic (exact) mass is 240 g/mol. The van der Waals surface area contributed by atoms with Crippen LogP contribution in [0.25, 0.3) is 0 Å². The van der Waals surface area contributed by atoms with Gasteiger partial charge in [0.15, 0.2) is 0 Å². The number of nitrogens with one attached hydrogen (secondary N) is 1. The van der Waals surface area contributed by atoms with E-state index in [1.165, 1.54) is 12.1 Å². The van der Waals surface area contributed by atoms with Crippen LogP contribution in [0.2, 0.25) is 0 Å². The molecule has 0 aliphatic rings. The molecule has 0 saturated carbocycles. The largest absolute Gasteiger partial charge is 0.389 e. The predicted molar refractivity (Wildman–Crippen MR) is 64.4 cm³/mol. The molecule has 5 heteroatoms. The maximum absolute atomic E-state index is 13.1. The van der Waals surface area contributed by atoms with Gasteiger partial charge in [0.25, 0.3) is 0 Å². The molecule has 0 radical (unpaired) electrons. The number of likely N-dealkylation sites (N-methyl/N-ethyl adjacent to an activating group) is 2. The van der Waals surface area contributed by atoms with E-state index < -0.39 is 11.9 Å². The zero-order chi connectivity index (χ0) is 13.0. The SMILES string of the molecule is CNC(=O)CN(C)c1ccc(F)cc1C(C)O. The number of halogens is 1. The summed E-state index contributed by atoms with van der Waals surface area (Å²) in [5, 5.41) is 12.1. The molecule has 1 unspecified atom stereocenters. The van der Waals surface area contributed by atoms with Crippen molar-refractivity contribution in [1.29, 1.82) is 0 Å². The van der Waals surface area contributed by atoms with Crippen LogP contribution in [-0.2, 0) is 4.79 Å². The average molecular weight is 240 g/mol. The Labute approximate surface area is 100 Å². The lowest BCUT2D eigenvalue weighted by atomic mass is 10.1. The number of benzene rings is 1. The van der Waals surface area contributed by atoms with Crippen molar-refractivity contribution in [3.05, 3.63) is 29.6 Å². The molecule has 0 heterocycles. The lowest BCUT2D eigenvalue weighted by Gasteiger charge is -2.22. The van der Waals surface area contributed by atoms with Crippen LogP contribution in [0, 0.1) is 5.82 Å². The third-order valence-corrected chi connectivity index (χ3v) is 2.51. The van der Waals surface area contributed by atoms with Crippen LogP contribution < -0.4 is 10.2 Å². The van der Waals surface area contributed by atoms with Gasteiger partial charge in [0.2, 0.25) is 5.91 Å². The van der Waals surface area contributed by atoms with Crippen molar-refractivity contribution < 1.29 is 14.3 Å². The van der Waals surface area contributed by atoms with E-state index >= 15 is 0 Å². The number of aliphatic hydroxyl groups excluding tert-OH is 1. The Bertz CT molecular complexity index is 407. The van der Waals surface area contributed by atoms with E-state index in [1.807, 2.05) is 0 Å². The standard InChI is InChI=1S/C12H17FN2O2/c1-8(16)10-6-9(13)4-5-11(10)15(3)7-12(17)14-2/h4-6,8,16H,7H2,1-3H3,(H,14,17). The second kappa shape index (κ2) is 5.63. The first-order chi connectivity index (χ1) is 7.95. The third kappa shape index (κ3) is 3.42. The fourth-order valence-electron chi connectivity index (χ4n) is 1.59. The molecule has 1 aromatic carbocycles. The normalized spacial score (nSPS) is 12.1. The average Bonchev–Trinajstić information content (AvgIpc) is 2.28. The number of carbonyl (C=O) groups is 1. The van der Waals surface area contributed by atoms with Crippen LogP contribution in [0.5, 0.6) is 0 Å². The van der Waals surface area contributed by atoms with Gasteiger partial charge >= 0.3 is 0 Å². The van der Waals surface area contributed by atoms with Crippen molar-refractivity contribution in [2.75, 3.05) is 25.5 Å². The first-order valence-corrected chi connectivity index (χ1v) is 5.35. The van der Waals surface area contributed by atoms with E-state index in [-0.39, 0.29) is 12.5 Å². The molecular formula is C12H17FN2O2. The van der Waals surface area contributed by atoms with Crippen molar-refractivity contribution in [2.45, 2.75) is 13.0 Å². The zero-order valence-corrected chi connectivity index (χ0v) is 10.2. The Morgan fingerprint density at radius 2 is 2.24 bits per heavy atom. The van der Waals surface area contributed by atoms with E-state index in [9.17, 15) is 14.3 Å². The van der Waals surface area contributed by atoms with Crippen LogP contribution in [0.3, 0.4) is 0 Å². The first kappa shape index (κ1) is 13.4. The summed E-state index contributed by atoms with van der Waals surface area (Å²) >= 11 is 0. The lowest BCUT2D eigenvalue weighted by Crippen LogP contribution is -2.33. The van der Waals surface area contributed by atoms with Gasteiger partial charge in [-0.2, -0.15) is 0 Å². The number of amides is 1. The van der Waals surface area contributed by atoms with E-state index in [1.54, 1.807) is 32.0 Å². The van der Waals surface area contributed by atoms with Crippen LogP contribution in [-0.4, -0.2) is 31.7 Å². The van der Waals surface area contributed by atoms with Crippen LogP contribution in [0.4, 0.5) is 10.1 Å². The minimum atomic E-state index is -0.784. The van der Waals surface area contributed by atoms with Gasteiger partial charge in [-0.15, -0.1) is 0 Å². The molecule has 0 spiro atoms. The highest BCUT2D eigenvalue weighted by Crippen LogP contribution is 2.26. The van der Waals surface area contributed by atoms with E-state index in [4.69, 9.17) is 0 Å². The van der Waals surface area contributed by atoms with E-state index in [2.05, 4.69) is 5.32 Å². The fraction of sp³-hybridized carbons (Fsp3) is 0.417. The number of hydrogen-bond acceptors (Lipinski definition) is 3. The highest BCUT2D eigenvalue weighted by Gasteiger charge is 2.14. The topological polar surface area (TPSA) is 52.6 Å². The van der Waals surface area contributed by atoms with Crippen LogP contribution in [0.1, 0.15) is 18.6 Å². The highest BCUT2D eigenvalue weighted by molar-refractivity contribution is 5.81. The molecular weight excluding hydrogens is 223 g/mol. The van der Waals surface area contributed by atoms with Gasteiger partial charge in [-0.25, -0.2) is 4.39 Å². The molecule has 0 fully saturated rings. The number of nitrogens with zero attached hydrogens (tertiary/aromatic N) is 1. The quantitative estimate of drug-likeness (QED) is 0.827. The Morgan fingerprint density at radius 1 is 1.59 bits per heavy atom. The van der Waals surface area contributed by atoms with Gasteiger partial charge in [-0.3, -0.25) is 4.79 Å². The summed E-state index contributed by atoms with van der Waals surface area (Å²) in [5.41, 5.74) is 1.11. The maximum Gasteiger partial charge on any atom is 0.239 e. The first-order valence-electron chi connectivity index (χ1n) is 5.35. The molecule has 94 valence electrons. The fourth-order valence-corrected chi connectivity index (χ4v) is 1.59. The molecule has 0 aliphatic heterocycles. The number of anilines is 1. The Hall–Kier alpha value is -1.62.